The Morgan fingerprint density at radius 1 is 1.39 bits per heavy atom. The second-order valence-electron chi connectivity index (χ2n) is 4.43. The summed E-state index contributed by atoms with van der Waals surface area (Å²) in [4.78, 5) is 13.6. The van der Waals surface area contributed by atoms with Crippen molar-refractivity contribution in [2.24, 2.45) is 11.7 Å². The van der Waals surface area contributed by atoms with Crippen LogP contribution in [0.4, 0.5) is 0 Å². The number of nitrogens with two attached hydrogens (primary N) is 1. The standard InChI is InChI=1S/C13H18N2O2.ClH/c1-17-12-4-2-10(3-5-12)8-15-9-11(7-14)6-13(15)16;/h2-5,11H,6-9,14H2,1H3;1H. The van der Waals surface area contributed by atoms with E-state index in [1.807, 2.05) is 29.2 Å². The molecule has 2 N–H and O–H groups in total. The first-order chi connectivity index (χ1) is 8.22. The van der Waals surface area contributed by atoms with Crippen LogP contribution in [-0.4, -0.2) is 31.0 Å². The van der Waals surface area contributed by atoms with Crippen LogP contribution in [0.2, 0.25) is 0 Å². The molecule has 1 aliphatic rings. The lowest BCUT2D eigenvalue weighted by atomic mass is 10.1. The van der Waals surface area contributed by atoms with Crippen molar-refractivity contribution in [3.8, 4) is 5.75 Å². The number of ether oxygens (including phenoxy) is 1. The Balaban J connectivity index is 0.00000162. The molecule has 18 heavy (non-hydrogen) atoms. The van der Waals surface area contributed by atoms with Gasteiger partial charge in [0.2, 0.25) is 5.91 Å². The zero-order valence-corrected chi connectivity index (χ0v) is 11.3. The number of methoxy groups -OCH3 is 1. The van der Waals surface area contributed by atoms with E-state index in [0.717, 1.165) is 17.9 Å². The molecule has 5 heteroatoms. The van der Waals surface area contributed by atoms with Gasteiger partial charge in [0.25, 0.3) is 0 Å². The minimum atomic E-state index is 0. The zero-order chi connectivity index (χ0) is 12.3. The van der Waals surface area contributed by atoms with Crippen LogP contribution in [0.5, 0.6) is 5.75 Å². The molecule has 1 amide bonds. The van der Waals surface area contributed by atoms with Crippen LogP contribution < -0.4 is 10.5 Å². The molecule has 100 valence electrons. The van der Waals surface area contributed by atoms with Crippen molar-refractivity contribution in [1.82, 2.24) is 4.90 Å². The second-order valence-corrected chi connectivity index (χ2v) is 4.43. The fourth-order valence-electron chi connectivity index (χ4n) is 2.12. The van der Waals surface area contributed by atoms with E-state index < -0.39 is 0 Å². The highest BCUT2D eigenvalue weighted by Crippen LogP contribution is 2.20. The normalized spacial score (nSPS) is 18.7. The molecule has 1 aliphatic heterocycles. The number of carbonyl (C=O) groups excluding carboxylic acids is 1. The molecular weight excluding hydrogens is 252 g/mol. The average Bonchev–Trinajstić information content (AvgIpc) is 2.71. The first-order valence-corrected chi connectivity index (χ1v) is 5.83. The Bertz CT molecular complexity index is 394. The zero-order valence-electron chi connectivity index (χ0n) is 10.5. The molecule has 0 radical (unpaired) electrons. The van der Waals surface area contributed by atoms with Gasteiger partial charge in [0.15, 0.2) is 0 Å². The Hall–Kier alpha value is -1.26. The first kappa shape index (κ1) is 14.8. The average molecular weight is 271 g/mol. The van der Waals surface area contributed by atoms with E-state index in [9.17, 15) is 4.79 Å². The van der Waals surface area contributed by atoms with Crippen molar-refractivity contribution >= 4 is 18.3 Å². The number of rotatable bonds is 4. The van der Waals surface area contributed by atoms with Crippen molar-refractivity contribution in [2.45, 2.75) is 13.0 Å². The fraction of sp³-hybridized carbons (Fsp3) is 0.462. The van der Waals surface area contributed by atoms with E-state index in [4.69, 9.17) is 10.5 Å². The van der Waals surface area contributed by atoms with E-state index in [-0.39, 0.29) is 18.3 Å². The van der Waals surface area contributed by atoms with E-state index in [2.05, 4.69) is 0 Å². The number of halogens is 1. The number of amides is 1. The quantitative estimate of drug-likeness (QED) is 0.900. The molecule has 0 bridgehead atoms. The van der Waals surface area contributed by atoms with Gasteiger partial charge in [0, 0.05) is 19.5 Å². The lowest BCUT2D eigenvalue weighted by molar-refractivity contribution is -0.128. The highest BCUT2D eigenvalue weighted by atomic mass is 35.5. The third kappa shape index (κ3) is 3.37. The summed E-state index contributed by atoms with van der Waals surface area (Å²) < 4.78 is 5.10. The molecule has 0 aliphatic carbocycles. The van der Waals surface area contributed by atoms with Gasteiger partial charge in [0.1, 0.15) is 5.75 Å². The summed E-state index contributed by atoms with van der Waals surface area (Å²) in [6.45, 7) is 2.03. The molecule has 2 rings (SSSR count). The Morgan fingerprint density at radius 2 is 2.06 bits per heavy atom. The van der Waals surface area contributed by atoms with Crippen molar-refractivity contribution < 1.29 is 9.53 Å². The van der Waals surface area contributed by atoms with Gasteiger partial charge in [0.05, 0.1) is 7.11 Å². The smallest absolute Gasteiger partial charge is 0.223 e. The van der Waals surface area contributed by atoms with E-state index in [1.165, 1.54) is 0 Å². The minimum absolute atomic E-state index is 0. The molecule has 1 aromatic rings. The Kier molecular flexibility index (Phi) is 5.44. The summed E-state index contributed by atoms with van der Waals surface area (Å²) in [6.07, 6.45) is 0.590. The Morgan fingerprint density at radius 3 is 2.56 bits per heavy atom. The summed E-state index contributed by atoms with van der Waals surface area (Å²) in [5, 5.41) is 0. The van der Waals surface area contributed by atoms with Gasteiger partial charge in [-0.2, -0.15) is 0 Å². The lowest BCUT2D eigenvalue weighted by Crippen LogP contribution is -2.25. The number of hydrogen-bond donors (Lipinski definition) is 1. The third-order valence-electron chi connectivity index (χ3n) is 3.16. The van der Waals surface area contributed by atoms with E-state index >= 15 is 0 Å². The van der Waals surface area contributed by atoms with Gasteiger partial charge in [-0.3, -0.25) is 4.79 Å². The number of likely N-dealkylation sites (tertiary alicyclic amines) is 1. The van der Waals surface area contributed by atoms with Crippen molar-refractivity contribution in [1.29, 1.82) is 0 Å². The van der Waals surface area contributed by atoms with Crippen molar-refractivity contribution in [2.75, 3.05) is 20.2 Å². The number of nitrogens with zero attached hydrogens (tertiary/aromatic N) is 1. The van der Waals surface area contributed by atoms with Crippen LogP contribution in [0.3, 0.4) is 0 Å². The van der Waals surface area contributed by atoms with Gasteiger partial charge in [-0.25, -0.2) is 0 Å². The highest BCUT2D eigenvalue weighted by molar-refractivity contribution is 5.85. The lowest BCUT2D eigenvalue weighted by Gasteiger charge is -2.16. The van der Waals surface area contributed by atoms with Crippen LogP contribution in [-0.2, 0) is 11.3 Å². The molecule has 0 aromatic heterocycles. The number of carbonyl (C=O) groups is 1. The Labute approximate surface area is 114 Å². The number of benzene rings is 1. The molecule has 4 nitrogen and oxygen atoms in total. The van der Waals surface area contributed by atoms with Crippen LogP contribution in [0.25, 0.3) is 0 Å². The monoisotopic (exact) mass is 270 g/mol. The number of hydrogen-bond acceptors (Lipinski definition) is 3. The topological polar surface area (TPSA) is 55.6 Å². The predicted molar refractivity (Wildman–Crippen MR) is 72.8 cm³/mol. The van der Waals surface area contributed by atoms with Crippen LogP contribution in [0, 0.1) is 5.92 Å². The highest BCUT2D eigenvalue weighted by Gasteiger charge is 2.28. The SMILES string of the molecule is COc1ccc(CN2CC(CN)CC2=O)cc1.Cl. The van der Waals surface area contributed by atoms with E-state index in [1.54, 1.807) is 7.11 Å². The van der Waals surface area contributed by atoms with Gasteiger partial charge < -0.3 is 15.4 Å². The maximum Gasteiger partial charge on any atom is 0.223 e. The molecule has 1 fully saturated rings. The van der Waals surface area contributed by atoms with Crippen LogP contribution >= 0.6 is 12.4 Å². The summed E-state index contributed by atoms with van der Waals surface area (Å²) >= 11 is 0. The molecule has 1 aromatic carbocycles. The first-order valence-electron chi connectivity index (χ1n) is 5.83. The molecule has 1 unspecified atom stereocenters. The molecule has 1 saturated heterocycles. The van der Waals surface area contributed by atoms with Crippen molar-refractivity contribution in [3.63, 3.8) is 0 Å². The van der Waals surface area contributed by atoms with Crippen LogP contribution in [0.1, 0.15) is 12.0 Å². The largest absolute Gasteiger partial charge is 0.497 e. The molecule has 1 heterocycles. The summed E-state index contributed by atoms with van der Waals surface area (Å²) in [5.41, 5.74) is 6.72. The molecular formula is C13H19ClN2O2. The maximum atomic E-state index is 11.7. The van der Waals surface area contributed by atoms with Gasteiger partial charge in [-0.1, -0.05) is 12.1 Å². The van der Waals surface area contributed by atoms with E-state index in [0.29, 0.717) is 25.4 Å². The van der Waals surface area contributed by atoms with Crippen molar-refractivity contribution in [3.05, 3.63) is 29.8 Å². The predicted octanol–water partition coefficient (Wildman–Crippen LogP) is 1.42. The second kappa shape index (κ2) is 6.61. The van der Waals surface area contributed by atoms with Gasteiger partial charge in [-0.05, 0) is 30.2 Å². The van der Waals surface area contributed by atoms with Crippen LogP contribution in [0.15, 0.2) is 24.3 Å². The van der Waals surface area contributed by atoms with Gasteiger partial charge >= 0.3 is 0 Å². The summed E-state index contributed by atoms with van der Waals surface area (Å²) in [7, 11) is 1.64. The maximum absolute atomic E-state index is 11.7. The summed E-state index contributed by atoms with van der Waals surface area (Å²) in [5.74, 6) is 1.36. The molecule has 0 saturated carbocycles. The molecule has 1 atom stereocenters. The van der Waals surface area contributed by atoms with Gasteiger partial charge in [-0.15, -0.1) is 12.4 Å². The summed E-state index contributed by atoms with van der Waals surface area (Å²) in [6, 6.07) is 7.80. The minimum Gasteiger partial charge on any atom is -0.497 e. The third-order valence-corrected chi connectivity index (χ3v) is 3.16. The molecule has 0 spiro atoms. The fourth-order valence-corrected chi connectivity index (χ4v) is 2.12.